The van der Waals surface area contributed by atoms with Gasteiger partial charge in [-0.15, -0.1) is 0 Å². The van der Waals surface area contributed by atoms with Crippen molar-refractivity contribution in [3.8, 4) is 11.1 Å². The van der Waals surface area contributed by atoms with E-state index in [1.807, 2.05) is 12.1 Å². The Labute approximate surface area is 119 Å². The Morgan fingerprint density at radius 1 is 1.05 bits per heavy atom. The van der Waals surface area contributed by atoms with Gasteiger partial charge in [0.15, 0.2) is 0 Å². The minimum Gasteiger partial charge on any atom is -0.422 e. The number of para-hydroxylation sites is 1. The second-order valence-corrected chi connectivity index (χ2v) is 4.69. The third-order valence-electron chi connectivity index (χ3n) is 3.43. The van der Waals surface area contributed by atoms with Crippen molar-refractivity contribution in [3.63, 3.8) is 0 Å². The first-order valence-corrected chi connectivity index (χ1v) is 6.35. The van der Waals surface area contributed by atoms with E-state index in [1.165, 1.54) is 6.07 Å². The van der Waals surface area contributed by atoms with Crippen LogP contribution in [0, 0.1) is 17.0 Å². The molecule has 0 saturated carbocycles. The van der Waals surface area contributed by atoms with Gasteiger partial charge in [0, 0.05) is 17.0 Å². The number of fused-ring (bicyclic) bond motifs is 1. The largest absolute Gasteiger partial charge is 0.422 e. The molecule has 0 radical (unpaired) electrons. The first-order valence-electron chi connectivity index (χ1n) is 6.35. The van der Waals surface area contributed by atoms with Crippen LogP contribution < -0.4 is 5.63 Å². The average molecular weight is 281 g/mol. The van der Waals surface area contributed by atoms with Crippen LogP contribution in [0.4, 0.5) is 5.69 Å². The smallest absolute Gasteiger partial charge is 0.344 e. The van der Waals surface area contributed by atoms with Gasteiger partial charge in [0.2, 0.25) is 0 Å². The summed E-state index contributed by atoms with van der Waals surface area (Å²) in [5.41, 5.74) is 1.27. The summed E-state index contributed by atoms with van der Waals surface area (Å²) in [6.45, 7) is 1.63. The summed E-state index contributed by atoms with van der Waals surface area (Å²) in [5, 5.41) is 11.8. The van der Waals surface area contributed by atoms with E-state index >= 15 is 0 Å². The molecule has 0 bridgehead atoms. The minimum absolute atomic E-state index is 0.0138. The first-order chi connectivity index (χ1) is 10.1. The molecule has 3 aromatic rings. The van der Waals surface area contributed by atoms with Crippen molar-refractivity contribution in [2.75, 3.05) is 0 Å². The summed E-state index contributed by atoms with van der Waals surface area (Å²) in [6.07, 6.45) is 0. The maximum atomic E-state index is 12.1. The second kappa shape index (κ2) is 4.86. The molecule has 3 rings (SSSR count). The van der Waals surface area contributed by atoms with Crippen LogP contribution in [-0.2, 0) is 0 Å². The highest BCUT2D eigenvalue weighted by Crippen LogP contribution is 2.29. The fraction of sp³-hybridized carbons (Fsp3) is 0.0625. The van der Waals surface area contributed by atoms with Crippen molar-refractivity contribution in [1.29, 1.82) is 0 Å². The Balaban J connectivity index is 2.30. The highest BCUT2D eigenvalue weighted by atomic mass is 16.6. The van der Waals surface area contributed by atoms with Gasteiger partial charge in [0.25, 0.3) is 5.69 Å². The molecule has 0 spiro atoms. The van der Waals surface area contributed by atoms with Crippen LogP contribution in [0.25, 0.3) is 22.1 Å². The molecule has 1 heterocycles. The normalized spacial score (nSPS) is 10.7. The van der Waals surface area contributed by atoms with E-state index in [4.69, 9.17) is 4.42 Å². The number of rotatable bonds is 2. The molecule has 0 aliphatic carbocycles. The molecule has 5 nitrogen and oxygen atoms in total. The molecule has 1 aromatic heterocycles. The average Bonchev–Trinajstić information content (AvgIpc) is 2.47. The summed E-state index contributed by atoms with van der Waals surface area (Å²) in [7, 11) is 0. The van der Waals surface area contributed by atoms with Gasteiger partial charge in [-0.1, -0.05) is 30.3 Å². The van der Waals surface area contributed by atoms with Crippen LogP contribution >= 0.6 is 0 Å². The van der Waals surface area contributed by atoms with Gasteiger partial charge in [-0.2, -0.15) is 0 Å². The van der Waals surface area contributed by atoms with Crippen LogP contribution in [0.2, 0.25) is 0 Å². The van der Waals surface area contributed by atoms with Gasteiger partial charge in [-0.3, -0.25) is 10.1 Å². The van der Waals surface area contributed by atoms with E-state index in [0.717, 1.165) is 5.39 Å². The van der Waals surface area contributed by atoms with Gasteiger partial charge in [0.05, 0.1) is 10.5 Å². The van der Waals surface area contributed by atoms with Gasteiger partial charge in [-0.05, 0) is 24.6 Å². The van der Waals surface area contributed by atoms with E-state index in [2.05, 4.69) is 0 Å². The van der Waals surface area contributed by atoms with E-state index < -0.39 is 10.5 Å². The Bertz CT molecular complexity index is 912. The Kier molecular flexibility index (Phi) is 3.02. The molecule has 5 heteroatoms. The lowest BCUT2D eigenvalue weighted by Crippen LogP contribution is -2.04. The van der Waals surface area contributed by atoms with Crippen LogP contribution in [0.5, 0.6) is 0 Å². The first kappa shape index (κ1) is 13.1. The Morgan fingerprint density at radius 3 is 2.57 bits per heavy atom. The van der Waals surface area contributed by atoms with Crippen molar-refractivity contribution in [2.45, 2.75) is 6.92 Å². The summed E-state index contributed by atoms with van der Waals surface area (Å²) < 4.78 is 5.28. The molecule has 0 fully saturated rings. The van der Waals surface area contributed by atoms with E-state index in [-0.39, 0.29) is 5.69 Å². The quantitative estimate of drug-likeness (QED) is 0.408. The summed E-state index contributed by atoms with van der Waals surface area (Å²) >= 11 is 0. The number of benzene rings is 2. The predicted octanol–water partition coefficient (Wildman–Crippen LogP) is 3.68. The fourth-order valence-electron chi connectivity index (χ4n) is 2.36. The molecule has 0 unspecified atom stereocenters. The van der Waals surface area contributed by atoms with Gasteiger partial charge < -0.3 is 4.42 Å². The zero-order chi connectivity index (χ0) is 15.0. The Hall–Kier alpha value is -2.95. The number of nitro groups is 1. The van der Waals surface area contributed by atoms with Crippen LogP contribution in [0.1, 0.15) is 5.56 Å². The maximum Gasteiger partial charge on any atom is 0.344 e. The van der Waals surface area contributed by atoms with Gasteiger partial charge >= 0.3 is 5.63 Å². The van der Waals surface area contributed by atoms with Crippen molar-refractivity contribution in [3.05, 3.63) is 74.6 Å². The van der Waals surface area contributed by atoms with E-state index in [9.17, 15) is 14.9 Å². The summed E-state index contributed by atoms with van der Waals surface area (Å²) in [6, 6.07) is 13.5. The van der Waals surface area contributed by atoms with Gasteiger partial charge in [-0.25, -0.2) is 4.79 Å². The lowest BCUT2D eigenvalue weighted by molar-refractivity contribution is -0.385. The molecular formula is C16H11NO4. The zero-order valence-electron chi connectivity index (χ0n) is 11.2. The molecule has 0 atom stereocenters. The molecule has 104 valence electrons. The third kappa shape index (κ3) is 2.18. The molecule has 0 aliphatic heterocycles. The van der Waals surface area contributed by atoms with Crippen LogP contribution in [-0.4, -0.2) is 4.92 Å². The summed E-state index contributed by atoms with van der Waals surface area (Å²) in [4.78, 5) is 22.7. The number of hydrogen-bond donors (Lipinski definition) is 0. The molecule has 2 aromatic carbocycles. The topological polar surface area (TPSA) is 73.3 Å². The van der Waals surface area contributed by atoms with E-state index in [0.29, 0.717) is 22.3 Å². The monoisotopic (exact) mass is 281 g/mol. The van der Waals surface area contributed by atoms with Gasteiger partial charge in [0.1, 0.15) is 5.58 Å². The number of nitro benzene ring substituents is 1. The summed E-state index contributed by atoms with van der Waals surface area (Å²) in [5.74, 6) is 0. The van der Waals surface area contributed by atoms with Crippen LogP contribution in [0.15, 0.2) is 57.7 Å². The number of hydrogen-bond acceptors (Lipinski definition) is 4. The van der Waals surface area contributed by atoms with Crippen molar-refractivity contribution >= 4 is 16.7 Å². The maximum absolute atomic E-state index is 12.1. The molecule has 0 N–H and O–H groups in total. The third-order valence-corrected chi connectivity index (χ3v) is 3.43. The zero-order valence-corrected chi connectivity index (χ0v) is 11.2. The highest BCUT2D eigenvalue weighted by Gasteiger charge is 2.17. The molecule has 0 aliphatic rings. The predicted molar refractivity (Wildman–Crippen MR) is 79.3 cm³/mol. The SMILES string of the molecule is Cc1c(-c2cc3ccccc3oc2=O)cccc1[N+](=O)[O-]. The molecule has 0 amide bonds. The van der Waals surface area contributed by atoms with Crippen molar-refractivity contribution in [2.24, 2.45) is 0 Å². The lowest BCUT2D eigenvalue weighted by Gasteiger charge is -2.06. The Morgan fingerprint density at radius 2 is 1.81 bits per heavy atom. The second-order valence-electron chi connectivity index (χ2n) is 4.69. The minimum atomic E-state index is -0.503. The lowest BCUT2D eigenvalue weighted by atomic mass is 10.00. The molecule has 21 heavy (non-hydrogen) atoms. The van der Waals surface area contributed by atoms with Crippen molar-refractivity contribution < 1.29 is 9.34 Å². The fourth-order valence-corrected chi connectivity index (χ4v) is 2.36. The number of nitrogens with zero attached hydrogens (tertiary/aromatic N) is 1. The van der Waals surface area contributed by atoms with Crippen LogP contribution in [0.3, 0.4) is 0 Å². The molecular weight excluding hydrogens is 270 g/mol. The standard InChI is InChI=1S/C16H11NO4/c1-10-12(6-4-7-14(10)17(19)20)13-9-11-5-2-3-8-15(11)21-16(13)18/h2-9H,1H3. The molecule has 0 saturated heterocycles. The van der Waals surface area contributed by atoms with Crippen molar-refractivity contribution in [1.82, 2.24) is 0 Å². The van der Waals surface area contributed by atoms with E-state index in [1.54, 1.807) is 37.3 Å². The highest BCUT2D eigenvalue weighted by molar-refractivity contribution is 5.82.